The Kier molecular flexibility index (Phi) is 16.4. The highest BCUT2D eigenvalue weighted by atomic mass is 16.8. The zero-order chi connectivity index (χ0) is 17.2. The maximum absolute atomic E-state index is 10.3. The van der Waals surface area contributed by atoms with Gasteiger partial charge in [0.1, 0.15) is 6.61 Å². The molecular formula is C16H34O7. The lowest BCUT2D eigenvalue weighted by Gasteiger charge is -2.27. The highest BCUT2D eigenvalue weighted by Crippen LogP contribution is 2.12. The van der Waals surface area contributed by atoms with Crippen LogP contribution in [0.15, 0.2) is 0 Å². The van der Waals surface area contributed by atoms with E-state index in [1.54, 1.807) is 0 Å². The van der Waals surface area contributed by atoms with Gasteiger partial charge in [0.15, 0.2) is 0 Å². The van der Waals surface area contributed by atoms with E-state index in [0.717, 1.165) is 25.7 Å². The first-order valence-corrected chi connectivity index (χ1v) is 8.53. The van der Waals surface area contributed by atoms with Crippen LogP contribution in [0.1, 0.15) is 39.5 Å². The van der Waals surface area contributed by atoms with Crippen LogP contribution in [0.4, 0.5) is 0 Å². The second-order valence-corrected chi connectivity index (χ2v) is 5.12. The van der Waals surface area contributed by atoms with E-state index in [1.807, 2.05) is 0 Å². The Morgan fingerprint density at radius 1 is 0.696 bits per heavy atom. The molecule has 0 spiro atoms. The van der Waals surface area contributed by atoms with Crippen molar-refractivity contribution >= 4 is 0 Å². The van der Waals surface area contributed by atoms with E-state index in [-0.39, 0.29) is 13.2 Å². The minimum absolute atomic E-state index is 0.0117. The molecule has 23 heavy (non-hydrogen) atoms. The number of aliphatic hydroxyl groups is 2. The van der Waals surface area contributed by atoms with Crippen molar-refractivity contribution in [3.63, 3.8) is 0 Å². The molecule has 0 aliphatic rings. The second kappa shape index (κ2) is 16.6. The minimum Gasteiger partial charge on any atom is -0.394 e. The van der Waals surface area contributed by atoms with Crippen LogP contribution in [0.25, 0.3) is 0 Å². The monoisotopic (exact) mass is 338 g/mol. The zero-order valence-electron chi connectivity index (χ0n) is 14.6. The molecule has 0 rings (SSSR count). The number of ether oxygens (including phenoxy) is 5. The molecule has 0 amide bonds. The number of unbranched alkanes of at least 4 members (excludes halogenated alkanes) is 2. The van der Waals surface area contributed by atoms with Crippen molar-refractivity contribution in [2.24, 2.45) is 0 Å². The lowest BCUT2D eigenvalue weighted by atomic mass is 10.3. The van der Waals surface area contributed by atoms with Crippen LogP contribution in [0.3, 0.4) is 0 Å². The summed E-state index contributed by atoms with van der Waals surface area (Å²) in [5.41, 5.74) is 0. The van der Waals surface area contributed by atoms with Crippen LogP contribution in [0.2, 0.25) is 0 Å². The number of rotatable bonds is 18. The van der Waals surface area contributed by atoms with Crippen LogP contribution in [0.5, 0.6) is 0 Å². The van der Waals surface area contributed by atoms with Gasteiger partial charge in [-0.25, -0.2) is 0 Å². The van der Waals surface area contributed by atoms with Gasteiger partial charge < -0.3 is 33.9 Å². The SMILES string of the molecule is CCCCOC(O)(COCCOCCOCCO)OCCCC. The van der Waals surface area contributed by atoms with Gasteiger partial charge >= 0.3 is 5.97 Å². The average Bonchev–Trinajstić information content (AvgIpc) is 2.54. The highest BCUT2D eigenvalue weighted by Gasteiger charge is 2.29. The van der Waals surface area contributed by atoms with Gasteiger partial charge in [-0.1, -0.05) is 26.7 Å². The minimum atomic E-state index is -1.69. The smallest absolute Gasteiger partial charge is 0.305 e. The Balaban J connectivity index is 3.76. The van der Waals surface area contributed by atoms with Crippen molar-refractivity contribution in [1.82, 2.24) is 0 Å². The zero-order valence-corrected chi connectivity index (χ0v) is 14.6. The lowest BCUT2D eigenvalue weighted by Crippen LogP contribution is -2.41. The van der Waals surface area contributed by atoms with Crippen LogP contribution < -0.4 is 0 Å². The summed E-state index contributed by atoms with van der Waals surface area (Å²) in [7, 11) is 0. The summed E-state index contributed by atoms with van der Waals surface area (Å²) in [4.78, 5) is 0. The third-order valence-electron chi connectivity index (χ3n) is 2.92. The summed E-state index contributed by atoms with van der Waals surface area (Å²) >= 11 is 0. The fraction of sp³-hybridized carbons (Fsp3) is 1.00. The molecule has 0 aromatic heterocycles. The van der Waals surface area contributed by atoms with E-state index in [9.17, 15) is 5.11 Å². The van der Waals surface area contributed by atoms with Gasteiger partial charge in [0.2, 0.25) is 0 Å². The molecule has 0 aliphatic heterocycles. The first-order valence-electron chi connectivity index (χ1n) is 8.53. The van der Waals surface area contributed by atoms with Crippen molar-refractivity contribution in [3.8, 4) is 0 Å². The van der Waals surface area contributed by atoms with Gasteiger partial charge in [0.25, 0.3) is 0 Å². The van der Waals surface area contributed by atoms with E-state index in [4.69, 9.17) is 28.8 Å². The largest absolute Gasteiger partial charge is 0.394 e. The van der Waals surface area contributed by atoms with Gasteiger partial charge in [0, 0.05) is 0 Å². The molecule has 0 atom stereocenters. The maximum Gasteiger partial charge on any atom is 0.305 e. The highest BCUT2D eigenvalue weighted by molar-refractivity contribution is 4.54. The van der Waals surface area contributed by atoms with Crippen LogP contribution in [-0.4, -0.2) is 75.6 Å². The Bertz CT molecular complexity index is 228. The molecule has 0 heterocycles. The van der Waals surface area contributed by atoms with Crippen molar-refractivity contribution in [2.75, 3.05) is 59.5 Å². The number of hydrogen-bond acceptors (Lipinski definition) is 7. The van der Waals surface area contributed by atoms with Gasteiger partial charge in [-0.3, -0.25) is 0 Å². The summed E-state index contributed by atoms with van der Waals surface area (Å²) < 4.78 is 26.6. The van der Waals surface area contributed by atoms with Crippen LogP contribution >= 0.6 is 0 Å². The van der Waals surface area contributed by atoms with E-state index >= 15 is 0 Å². The second-order valence-electron chi connectivity index (χ2n) is 5.12. The maximum atomic E-state index is 10.3. The average molecular weight is 338 g/mol. The van der Waals surface area contributed by atoms with Crippen molar-refractivity contribution in [2.45, 2.75) is 45.5 Å². The van der Waals surface area contributed by atoms with Crippen molar-refractivity contribution in [3.05, 3.63) is 0 Å². The van der Waals surface area contributed by atoms with Crippen LogP contribution in [0, 0.1) is 0 Å². The van der Waals surface area contributed by atoms with Gasteiger partial charge in [-0.2, -0.15) is 0 Å². The molecule has 7 nitrogen and oxygen atoms in total. The lowest BCUT2D eigenvalue weighted by molar-refractivity contribution is -0.376. The third-order valence-corrected chi connectivity index (χ3v) is 2.92. The van der Waals surface area contributed by atoms with E-state index in [2.05, 4.69) is 13.8 Å². The predicted octanol–water partition coefficient (Wildman–Crippen LogP) is 1.31. The summed E-state index contributed by atoms with van der Waals surface area (Å²) in [6.45, 7) is 6.84. The molecule has 0 fully saturated rings. The number of hydrogen-bond donors (Lipinski definition) is 2. The first-order chi connectivity index (χ1) is 11.2. The quantitative estimate of drug-likeness (QED) is 0.288. The Hall–Kier alpha value is -0.280. The molecule has 0 aliphatic carbocycles. The molecule has 140 valence electrons. The number of aliphatic hydroxyl groups excluding tert-OH is 1. The fourth-order valence-corrected chi connectivity index (χ4v) is 1.58. The molecular weight excluding hydrogens is 304 g/mol. The molecule has 0 bridgehead atoms. The molecule has 0 radical (unpaired) electrons. The van der Waals surface area contributed by atoms with Crippen molar-refractivity contribution < 1.29 is 33.9 Å². The van der Waals surface area contributed by atoms with Gasteiger partial charge in [0.05, 0.1) is 52.9 Å². The summed E-state index contributed by atoms with van der Waals surface area (Å²) in [6.07, 6.45) is 3.68. The van der Waals surface area contributed by atoms with Crippen LogP contribution in [-0.2, 0) is 23.7 Å². The Morgan fingerprint density at radius 3 is 1.65 bits per heavy atom. The molecule has 0 unspecified atom stereocenters. The molecule has 0 aromatic rings. The molecule has 2 N–H and O–H groups in total. The molecule has 7 heteroatoms. The summed E-state index contributed by atoms with van der Waals surface area (Å²) in [5, 5.41) is 18.8. The van der Waals surface area contributed by atoms with Gasteiger partial charge in [-0.15, -0.1) is 0 Å². The van der Waals surface area contributed by atoms with Gasteiger partial charge in [-0.05, 0) is 12.8 Å². The normalized spacial score (nSPS) is 12.0. The standard InChI is InChI=1S/C16H34O7/c1-3-5-8-22-16(18,23-9-6-4-2)15-21-14-13-20-12-11-19-10-7-17/h17-18H,3-15H2,1-2H3. The summed E-state index contributed by atoms with van der Waals surface area (Å²) in [5.74, 6) is -1.69. The molecule has 0 saturated heterocycles. The van der Waals surface area contributed by atoms with Crippen molar-refractivity contribution in [1.29, 1.82) is 0 Å². The first kappa shape index (κ1) is 22.7. The summed E-state index contributed by atoms with van der Waals surface area (Å²) in [6, 6.07) is 0. The predicted molar refractivity (Wildman–Crippen MR) is 86.2 cm³/mol. The fourth-order valence-electron chi connectivity index (χ4n) is 1.58. The third kappa shape index (κ3) is 15.0. The van der Waals surface area contributed by atoms with E-state index in [1.165, 1.54) is 0 Å². The topological polar surface area (TPSA) is 86.6 Å². The van der Waals surface area contributed by atoms with E-state index < -0.39 is 5.97 Å². The Morgan fingerprint density at radius 2 is 1.17 bits per heavy atom. The Labute approximate surface area is 139 Å². The van der Waals surface area contributed by atoms with E-state index in [0.29, 0.717) is 46.2 Å². The molecule has 0 aromatic carbocycles. The molecule has 0 saturated carbocycles.